The quantitative estimate of drug-likeness (QED) is 0.224. The van der Waals surface area contributed by atoms with Crippen LogP contribution in [0.3, 0.4) is 0 Å². The molecule has 4 unspecified atom stereocenters. The molecule has 17 atom stereocenters. The number of hydrogen-bond acceptors (Lipinski definition) is 11. The molecule has 11 nitrogen and oxygen atoms in total. The van der Waals surface area contributed by atoms with E-state index < -0.39 is 72.2 Å². The van der Waals surface area contributed by atoms with Gasteiger partial charge >= 0.3 is 5.97 Å². The summed E-state index contributed by atoms with van der Waals surface area (Å²) in [4.78, 5) is 12.7. The minimum Gasteiger partial charge on any atom is -0.469 e. The van der Waals surface area contributed by atoms with Crippen molar-refractivity contribution in [2.75, 3.05) is 7.11 Å². The van der Waals surface area contributed by atoms with Gasteiger partial charge in [-0.15, -0.1) is 0 Å². The van der Waals surface area contributed by atoms with Gasteiger partial charge in [0.25, 0.3) is 0 Å². The Morgan fingerprint density at radius 2 is 1.48 bits per heavy atom. The van der Waals surface area contributed by atoms with Gasteiger partial charge in [-0.2, -0.15) is 0 Å². The highest BCUT2D eigenvalue weighted by molar-refractivity contribution is 5.74. The van der Waals surface area contributed by atoms with Crippen LogP contribution in [-0.4, -0.2) is 106 Å². The van der Waals surface area contributed by atoms with E-state index in [1.807, 2.05) is 13.8 Å². The Morgan fingerprint density at radius 3 is 2.16 bits per heavy atom. The van der Waals surface area contributed by atoms with Crippen molar-refractivity contribution >= 4 is 5.97 Å². The van der Waals surface area contributed by atoms with E-state index in [2.05, 4.69) is 6.92 Å². The third kappa shape index (κ3) is 5.17. The summed E-state index contributed by atoms with van der Waals surface area (Å²) in [5, 5.41) is 54.9. The summed E-state index contributed by atoms with van der Waals surface area (Å²) < 4.78 is 29.5. The van der Waals surface area contributed by atoms with E-state index in [9.17, 15) is 30.3 Å². The van der Waals surface area contributed by atoms with Crippen LogP contribution in [0.25, 0.3) is 0 Å². The van der Waals surface area contributed by atoms with Gasteiger partial charge in [-0.05, 0) is 88.4 Å². The largest absolute Gasteiger partial charge is 0.469 e. The van der Waals surface area contributed by atoms with Crippen LogP contribution in [0.1, 0.15) is 91.9 Å². The second kappa shape index (κ2) is 12.0. The van der Waals surface area contributed by atoms with Gasteiger partial charge in [0, 0.05) is 18.3 Å². The molecule has 0 aromatic heterocycles. The van der Waals surface area contributed by atoms with Crippen molar-refractivity contribution in [3.8, 4) is 0 Å². The molecule has 0 radical (unpaired) electrons. The van der Waals surface area contributed by atoms with Gasteiger partial charge in [-0.25, -0.2) is 0 Å². The summed E-state index contributed by atoms with van der Waals surface area (Å²) in [7, 11) is 1.38. The number of aliphatic hydroxyl groups is 5. The Labute approximate surface area is 260 Å². The average Bonchev–Trinajstić information content (AvgIpc) is 3.26. The van der Waals surface area contributed by atoms with E-state index >= 15 is 0 Å². The first-order chi connectivity index (χ1) is 20.7. The molecular formula is C33H54O11. The first-order valence-electron chi connectivity index (χ1n) is 16.9. The molecule has 0 aromatic rings. The minimum atomic E-state index is -1.10. The summed E-state index contributed by atoms with van der Waals surface area (Å²) in [5.41, 5.74) is -2.07. The lowest BCUT2D eigenvalue weighted by molar-refractivity contribution is -0.318. The second-order valence-electron chi connectivity index (χ2n) is 15.3. The van der Waals surface area contributed by atoms with E-state index in [0.717, 1.165) is 32.1 Å². The van der Waals surface area contributed by atoms with E-state index in [1.54, 1.807) is 6.92 Å². The van der Waals surface area contributed by atoms with Gasteiger partial charge in [-0.3, -0.25) is 4.79 Å². The standard InChI is InChI=1S/C33H54O11/c1-16-28(37)23(34)14-27(41-16)44-29-17(2)42-26(15-24(29)35)43-19-8-10-31(3)18(12-19)6-7-20-22(31)13-25(36)32(4)21(30(38)40-5)9-11-33(20,32)39/h16-29,34-37,39H,6-15H2,1-5H3/t16?,17?,18-,19+,20-,21-,22+,23-,24-,25-,26+,27+,28?,29?,31+,32+,33+/m1/s1. The molecule has 0 spiro atoms. The predicted octanol–water partition coefficient (Wildman–Crippen LogP) is 2.03. The van der Waals surface area contributed by atoms with Gasteiger partial charge in [0.05, 0.1) is 55.3 Å². The lowest BCUT2D eigenvalue weighted by Crippen LogP contribution is -2.67. The average molecular weight is 627 g/mol. The van der Waals surface area contributed by atoms with Crippen LogP contribution >= 0.6 is 0 Å². The zero-order valence-corrected chi connectivity index (χ0v) is 26.8. The van der Waals surface area contributed by atoms with Gasteiger partial charge < -0.3 is 49.2 Å². The highest BCUT2D eigenvalue weighted by Gasteiger charge is 2.71. The van der Waals surface area contributed by atoms with E-state index in [1.165, 1.54) is 7.11 Å². The smallest absolute Gasteiger partial charge is 0.309 e. The maximum Gasteiger partial charge on any atom is 0.309 e. The summed E-state index contributed by atoms with van der Waals surface area (Å²) in [6, 6.07) is 0. The zero-order chi connectivity index (χ0) is 31.8. The number of ether oxygens (including phenoxy) is 5. The number of carbonyl (C=O) groups is 1. The van der Waals surface area contributed by atoms with Crippen molar-refractivity contribution in [2.24, 2.45) is 34.5 Å². The number of aliphatic hydroxyl groups excluding tert-OH is 4. The lowest BCUT2D eigenvalue weighted by Gasteiger charge is -2.64. The molecule has 252 valence electrons. The molecule has 6 aliphatic rings. The molecule has 2 heterocycles. The molecule has 6 fully saturated rings. The fourth-order valence-electron chi connectivity index (χ4n) is 10.6. The Hall–Kier alpha value is -0.890. The summed E-state index contributed by atoms with van der Waals surface area (Å²) in [6.45, 7) is 7.73. The van der Waals surface area contributed by atoms with Crippen molar-refractivity contribution in [1.82, 2.24) is 0 Å². The van der Waals surface area contributed by atoms with Crippen molar-refractivity contribution in [1.29, 1.82) is 0 Å². The van der Waals surface area contributed by atoms with E-state index in [0.29, 0.717) is 25.2 Å². The maximum absolute atomic E-state index is 12.7. The normalized spacial score (nSPS) is 55.9. The number of fused-ring (bicyclic) bond motifs is 5. The van der Waals surface area contributed by atoms with Crippen molar-refractivity contribution in [3.05, 3.63) is 0 Å². The Morgan fingerprint density at radius 1 is 0.795 bits per heavy atom. The molecule has 0 aromatic carbocycles. The van der Waals surface area contributed by atoms with Crippen molar-refractivity contribution in [3.63, 3.8) is 0 Å². The maximum atomic E-state index is 12.7. The highest BCUT2D eigenvalue weighted by atomic mass is 16.7. The summed E-state index contributed by atoms with van der Waals surface area (Å²) in [6.07, 6.45) is -0.207. The molecule has 5 N–H and O–H groups in total. The summed E-state index contributed by atoms with van der Waals surface area (Å²) in [5.74, 6) is -0.285. The molecule has 11 heteroatoms. The van der Waals surface area contributed by atoms with Gasteiger partial charge in [0.15, 0.2) is 12.6 Å². The van der Waals surface area contributed by atoms with Crippen LogP contribution in [0, 0.1) is 34.5 Å². The number of hydrogen-bond donors (Lipinski definition) is 5. The third-order valence-corrected chi connectivity index (χ3v) is 13.4. The topological polar surface area (TPSA) is 164 Å². The molecule has 4 aliphatic carbocycles. The minimum absolute atomic E-state index is 0.0253. The molecule has 6 rings (SSSR count). The van der Waals surface area contributed by atoms with E-state index in [-0.39, 0.29) is 42.2 Å². The predicted molar refractivity (Wildman–Crippen MR) is 156 cm³/mol. The first-order valence-corrected chi connectivity index (χ1v) is 16.9. The third-order valence-electron chi connectivity index (χ3n) is 13.4. The Bertz CT molecular complexity index is 1030. The number of rotatable bonds is 5. The van der Waals surface area contributed by atoms with Crippen LogP contribution in [0.15, 0.2) is 0 Å². The lowest BCUT2D eigenvalue weighted by atomic mass is 9.42. The monoisotopic (exact) mass is 626 g/mol. The zero-order valence-electron chi connectivity index (χ0n) is 26.8. The number of methoxy groups -OCH3 is 1. The van der Waals surface area contributed by atoms with Crippen LogP contribution in [0.4, 0.5) is 0 Å². The van der Waals surface area contributed by atoms with Crippen LogP contribution < -0.4 is 0 Å². The van der Waals surface area contributed by atoms with Crippen molar-refractivity contribution < 1.29 is 54.0 Å². The molecule has 2 saturated heterocycles. The first kappa shape index (κ1) is 33.0. The molecule has 44 heavy (non-hydrogen) atoms. The number of esters is 1. The van der Waals surface area contributed by atoms with Crippen LogP contribution in [-0.2, 0) is 28.5 Å². The highest BCUT2D eigenvalue weighted by Crippen LogP contribution is 2.69. The molecule has 2 aliphatic heterocycles. The van der Waals surface area contributed by atoms with Crippen LogP contribution in [0.2, 0.25) is 0 Å². The molecule has 0 bridgehead atoms. The summed E-state index contributed by atoms with van der Waals surface area (Å²) >= 11 is 0. The number of carbonyl (C=O) groups excluding carboxylic acids is 1. The SMILES string of the molecule is COC(=O)[C@H]1CC[C@]2(O)[C@@H]3CC[C@@H]4C[C@@H](O[C@H]5C[C@@H](O)C(O[C@H]6C[C@@H](O)C(O)C(C)O6)C(C)O5)CC[C@]4(C)[C@H]3C[C@@H](O)[C@]12C. The van der Waals surface area contributed by atoms with Crippen molar-refractivity contribution in [2.45, 2.75) is 159 Å². The molecule has 0 amide bonds. The molecular weight excluding hydrogens is 572 g/mol. The van der Waals surface area contributed by atoms with E-state index in [4.69, 9.17) is 23.7 Å². The van der Waals surface area contributed by atoms with Gasteiger partial charge in [-0.1, -0.05) is 13.8 Å². The Balaban J connectivity index is 1.07. The molecule has 4 saturated carbocycles. The fourth-order valence-corrected chi connectivity index (χ4v) is 10.6. The van der Waals surface area contributed by atoms with Gasteiger partial charge in [0.2, 0.25) is 0 Å². The Kier molecular flexibility index (Phi) is 8.98. The second-order valence-corrected chi connectivity index (χ2v) is 15.3. The van der Waals surface area contributed by atoms with Gasteiger partial charge in [0.1, 0.15) is 12.2 Å². The fraction of sp³-hybridized carbons (Fsp3) is 0.970. The van der Waals surface area contributed by atoms with Crippen LogP contribution in [0.5, 0.6) is 0 Å².